The number of aryl methyl sites for hydroxylation is 2. The number of halogens is 3. The molecule has 2 heterocycles. The number of rotatable bonds is 4. The first kappa shape index (κ1) is 17.5. The van der Waals surface area contributed by atoms with Crippen molar-refractivity contribution < 1.29 is 27.3 Å². The summed E-state index contributed by atoms with van der Waals surface area (Å²) >= 11 is 0. The molecule has 2 aromatic heterocycles. The summed E-state index contributed by atoms with van der Waals surface area (Å²) in [5, 5.41) is 9.17. The van der Waals surface area contributed by atoms with E-state index in [2.05, 4.69) is 15.6 Å². The van der Waals surface area contributed by atoms with Crippen molar-refractivity contribution in [2.24, 2.45) is 7.05 Å². The van der Waals surface area contributed by atoms with E-state index in [1.807, 2.05) is 0 Å². The van der Waals surface area contributed by atoms with E-state index in [9.17, 15) is 22.8 Å². The number of carbonyl (C=O) groups excluding carboxylic acids is 2. The largest absolute Gasteiger partial charge is 0.435 e. The average molecular weight is 345 g/mol. The van der Waals surface area contributed by atoms with Crippen LogP contribution in [-0.2, 0) is 18.0 Å². The molecule has 0 radical (unpaired) electrons. The summed E-state index contributed by atoms with van der Waals surface area (Å²) in [5.74, 6) is -0.978. The zero-order valence-corrected chi connectivity index (χ0v) is 13.0. The van der Waals surface area contributed by atoms with Gasteiger partial charge >= 0.3 is 6.18 Å². The molecule has 0 spiro atoms. The maximum Gasteiger partial charge on any atom is 0.435 e. The van der Waals surface area contributed by atoms with Crippen LogP contribution in [0.4, 0.5) is 19.0 Å². The van der Waals surface area contributed by atoms with Crippen LogP contribution in [0.15, 0.2) is 16.8 Å². The standard InChI is InChI=1S/C13H14F3N5O3/c1-7-4-9(19-24-7)17-10(22)6-20(2)12(23)8-5-21(3)18-11(8)13(14,15)16/h4-5H,6H2,1-3H3,(H,17,19,22). The number of alkyl halides is 3. The highest BCUT2D eigenvalue weighted by Crippen LogP contribution is 2.31. The van der Waals surface area contributed by atoms with Crippen molar-refractivity contribution in [1.29, 1.82) is 0 Å². The normalized spacial score (nSPS) is 11.4. The Morgan fingerprint density at radius 3 is 2.62 bits per heavy atom. The van der Waals surface area contributed by atoms with Gasteiger partial charge in [0.1, 0.15) is 5.76 Å². The number of carbonyl (C=O) groups is 2. The van der Waals surface area contributed by atoms with Gasteiger partial charge in [-0.3, -0.25) is 14.3 Å². The highest BCUT2D eigenvalue weighted by atomic mass is 19.4. The van der Waals surface area contributed by atoms with Crippen LogP contribution in [0.25, 0.3) is 0 Å². The van der Waals surface area contributed by atoms with Crippen molar-refractivity contribution in [3.8, 4) is 0 Å². The second kappa shape index (κ2) is 6.34. The van der Waals surface area contributed by atoms with Gasteiger partial charge in [-0.15, -0.1) is 0 Å². The number of nitrogens with zero attached hydrogens (tertiary/aromatic N) is 4. The minimum Gasteiger partial charge on any atom is -0.360 e. The minimum atomic E-state index is -4.77. The van der Waals surface area contributed by atoms with E-state index >= 15 is 0 Å². The number of hydrogen-bond acceptors (Lipinski definition) is 5. The zero-order chi connectivity index (χ0) is 18.1. The van der Waals surface area contributed by atoms with Crippen LogP contribution in [-0.4, -0.2) is 45.2 Å². The van der Waals surface area contributed by atoms with Crippen molar-refractivity contribution in [2.75, 3.05) is 18.9 Å². The topological polar surface area (TPSA) is 93.3 Å². The van der Waals surface area contributed by atoms with Gasteiger partial charge in [0.2, 0.25) is 5.91 Å². The average Bonchev–Trinajstić information content (AvgIpc) is 3.03. The maximum absolute atomic E-state index is 12.9. The van der Waals surface area contributed by atoms with Crippen molar-refractivity contribution >= 4 is 17.6 Å². The lowest BCUT2D eigenvalue weighted by Gasteiger charge is -2.16. The van der Waals surface area contributed by atoms with Gasteiger partial charge in [-0.05, 0) is 6.92 Å². The van der Waals surface area contributed by atoms with E-state index in [-0.39, 0.29) is 5.82 Å². The van der Waals surface area contributed by atoms with Crippen LogP contribution >= 0.6 is 0 Å². The van der Waals surface area contributed by atoms with Crippen molar-refractivity contribution in [3.05, 3.63) is 29.3 Å². The molecule has 2 aromatic rings. The minimum absolute atomic E-state index is 0.149. The van der Waals surface area contributed by atoms with Crippen molar-refractivity contribution in [3.63, 3.8) is 0 Å². The van der Waals surface area contributed by atoms with Crippen LogP contribution in [0, 0.1) is 6.92 Å². The number of likely N-dealkylation sites (N-methyl/N-ethyl adjacent to an activating group) is 1. The van der Waals surface area contributed by atoms with E-state index < -0.39 is 35.8 Å². The monoisotopic (exact) mass is 345 g/mol. The molecule has 130 valence electrons. The molecular formula is C13H14F3N5O3. The van der Waals surface area contributed by atoms with Gasteiger partial charge in [0, 0.05) is 26.4 Å². The van der Waals surface area contributed by atoms with Gasteiger partial charge in [-0.25, -0.2) is 0 Å². The predicted octanol–water partition coefficient (Wildman–Crippen LogP) is 1.45. The fraction of sp³-hybridized carbons (Fsp3) is 0.385. The molecule has 11 heteroatoms. The molecule has 8 nitrogen and oxygen atoms in total. The lowest BCUT2D eigenvalue weighted by molar-refractivity contribution is -0.141. The lowest BCUT2D eigenvalue weighted by Crippen LogP contribution is -2.35. The van der Waals surface area contributed by atoms with Crippen LogP contribution in [0.3, 0.4) is 0 Å². The molecule has 0 unspecified atom stereocenters. The van der Waals surface area contributed by atoms with Gasteiger partial charge in [-0.1, -0.05) is 5.16 Å². The van der Waals surface area contributed by atoms with Crippen LogP contribution < -0.4 is 5.32 Å². The molecular weight excluding hydrogens is 331 g/mol. The summed E-state index contributed by atoms with van der Waals surface area (Å²) < 4.78 is 44.3. The Hall–Kier alpha value is -2.85. The Morgan fingerprint density at radius 1 is 1.42 bits per heavy atom. The molecule has 0 aliphatic heterocycles. The van der Waals surface area contributed by atoms with Crippen molar-refractivity contribution in [1.82, 2.24) is 19.8 Å². The SMILES string of the molecule is Cc1cc(NC(=O)CN(C)C(=O)c2cn(C)nc2C(F)(F)F)no1. The molecule has 1 N–H and O–H groups in total. The maximum atomic E-state index is 12.9. The third-order valence-corrected chi connectivity index (χ3v) is 2.95. The van der Waals surface area contributed by atoms with Gasteiger partial charge < -0.3 is 14.7 Å². The molecule has 0 aliphatic carbocycles. The molecule has 0 atom stereocenters. The summed E-state index contributed by atoms with van der Waals surface area (Å²) in [6.45, 7) is 1.16. The molecule has 2 amide bonds. The lowest BCUT2D eigenvalue weighted by atomic mass is 10.2. The van der Waals surface area contributed by atoms with Crippen LogP contribution in [0.2, 0.25) is 0 Å². The van der Waals surface area contributed by atoms with E-state index in [0.29, 0.717) is 5.76 Å². The Labute approximate surface area is 134 Å². The first-order valence-electron chi connectivity index (χ1n) is 6.67. The quantitative estimate of drug-likeness (QED) is 0.905. The Bertz CT molecular complexity index is 765. The first-order valence-corrected chi connectivity index (χ1v) is 6.67. The second-order valence-corrected chi connectivity index (χ2v) is 5.10. The van der Waals surface area contributed by atoms with E-state index in [1.54, 1.807) is 6.92 Å². The molecule has 0 saturated carbocycles. The fourth-order valence-electron chi connectivity index (χ4n) is 1.95. The molecule has 0 bridgehead atoms. The molecule has 2 rings (SSSR count). The van der Waals surface area contributed by atoms with E-state index in [4.69, 9.17) is 4.52 Å². The van der Waals surface area contributed by atoms with E-state index in [1.165, 1.54) is 20.2 Å². The summed E-state index contributed by atoms with van der Waals surface area (Å²) in [6, 6.07) is 1.46. The van der Waals surface area contributed by atoms with Crippen LogP contribution in [0.1, 0.15) is 21.8 Å². The number of anilines is 1. The fourth-order valence-corrected chi connectivity index (χ4v) is 1.95. The Balaban J connectivity index is 2.08. The number of nitrogens with one attached hydrogen (secondary N) is 1. The highest BCUT2D eigenvalue weighted by Gasteiger charge is 2.39. The number of aromatic nitrogens is 3. The zero-order valence-electron chi connectivity index (χ0n) is 13.0. The predicted molar refractivity (Wildman–Crippen MR) is 75.0 cm³/mol. The third kappa shape index (κ3) is 3.91. The van der Waals surface area contributed by atoms with E-state index in [0.717, 1.165) is 15.8 Å². The van der Waals surface area contributed by atoms with Gasteiger partial charge in [0.15, 0.2) is 11.5 Å². The van der Waals surface area contributed by atoms with Gasteiger partial charge in [-0.2, -0.15) is 18.3 Å². The molecule has 24 heavy (non-hydrogen) atoms. The number of hydrogen-bond donors (Lipinski definition) is 1. The summed E-state index contributed by atoms with van der Waals surface area (Å²) in [4.78, 5) is 24.9. The molecule has 0 saturated heterocycles. The number of amides is 2. The molecule has 0 fully saturated rings. The summed E-state index contributed by atoms with van der Waals surface area (Å²) in [6.07, 6.45) is -3.81. The Morgan fingerprint density at radius 2 is 2.08 bits per heavy atom. The summed E-state index contributed by atoms with van der Waals surface area (Å²) in [7, 11) is 2.48. The first-order chi connectivity index (χ1) is 11.1. The highest BCUT2D eigenvalue weighted by molar-refractivity contribution is 5.99. The van der Waals surface area contributed by atoms with Gasteiger partial charge in [0.05, 0.1) is 12.1 Å². The smallest absolute Gasteiger partial charge is 0.360 e. The van der Waals surface area contributed by atoms with Crippen molar-refractivity contribution in [2.45, 2.75) is 13.1 Å². The van der Waals surface area contributed by atoms with Crippen LogP contribution in [0.5, 0.6) is 0 Å². The molecule has 0 aliphatic rings. The summed E-state index contributed by atoms with van der Waals surface area (Å²) in [5.41, 5.74) is -1.92. The molecule has 0 aromatic carbocycles. The Kier molecular flexibility index (Phi) is 4.62. The second-order valence-electron chi connectivity index (χ2n) is 5.10. The van der Waals surface area contributed by atoms with Gasteiger partial charge in [0.25, 0.3) is 5.91 Å². The third-order valence-electron chi connectivity index (χ3n) is 2.95.